The molecule has 0 aliphatic carbocycles. The summed E-state index contributed by atoms with van der Waals surface area (Å²) >= 11 is 0. The number of nitrogens with two attached hydrogens (primary N) is 1. The predicted molar refractivity (Wildman–Crippen MR) is 71.6 cm³/mol. The third-order valence-electron chi connectivity index (χ3n) is 2.61. The molecule has 0 aliphatic heterocycles. The Hall–Kier alpha value is -2.15. The molecule has 0 bridgehead atoms. The van der Waals surface area contributed by atoms with Crippen LogP contribution in [0.5, 0.6) is 5.75 Å². The molecule has 21 heavy (non-hydrogen) atoms. The Kier molecular flexibility index (Phi) is 4.42. The first-order valence-corrected chi connectivity index (χ1v) is 6.24. The number of alkyl halides is 3. The Morgan fingerprint density at radius 2 is 1.71 bits per heavy atom. The number of halogens is 3. The van der Waals surface area contributed by atoms with Crippen LogP contribution >= 0.6 is 0 Å². The zero-order valence-corrected chi connectivity index (χ0v) is 11.3. The van der Waals surface area contributed by atoms with Crippen LogP contribution in [0.4, 0.5) is 13.2 Å². The van der Waals surface area contributed by atoms with E-state index < -0.39 is 11.7 Å². The summed E-state index contributed by atoms with van der Waals surface area (Å²) in [5.74, 6) is 0.792. The van der Waals surface area contributed by atoms with E-state index in [2.05, 4.69) is 9.97 Å². The second kappa shape index (κ2) is 6.09. The number of benzene rings is 1. The van der Waals surface area contributed by atoms with E-state index in [4.69, 9.17) is 10.5 Å². The van der Waals surface area contributed by atoms with Crippen molar-refractivity contribution in [3.8, 4) is 17.1 Å². The van der Waals surface area contributed by atoms with Crippen LogP contribution in [0.25, 0.3) is 11.4 Å². The van der Waals surface area contributed by atoms with Crippen molar-refractivity contribution < 1.29 is 17.9 Å². The fraction of sp³-hybridized carbons (Fsp3) is 0.286. The van der Waals surface area contributed by atoms with Crippen molar-refractivity contribution >= 4 is 0 Å². The van der Waals surface area contributed by atoms with Crippen LogP contribution in [0.3, 0.4) is 0 Å². The van der Waals surface area contributed by atoms with Gasteiger partial charge in [0, 0.05) is 11.6 Å². The fourth-order valence-corrected chi connectivity index (χ4v) is 1.58. The van der Waals surface area contributed by atoms with Crippen LogP contribution in [0.1, 0.15) is 12.5 Å². The molecule has 0 saturated heterocycles. The number of hydrogen-bond donors (Lipinski definition) is 1. The lowest BCUT2D eigenvalue weighted by Crippen LogP contribution is -2.23. The van der Waals surface area contributed by atoms with Gasteiger partial charge in [0.25, 0.3) is 0 Å². The summed E-state index contributed by atoms with van der Waals surface area (Å²) in [6.07, 6.45) is -1.43. The summed E-state index contributed by atoms with van der Waals surface area (Å²) in [7, 11) is 0. The van der Waals surface area contributed by atoms with Gasteiger partial charge in [-0.15, -0.1) is 0 Å². The molecule has 7 heteroatoms. The van der Waals surface area contributed by atoms with Gasteiger partial charge < -0.3 is 10.5 Å². The lowest BCUT2D eigenvalue weighted by Gasteiger charge is -2.09. The predicted octanol–water partition coefficient (Wildman–Crippen LogP) is 2.89. The Morgan fingerprint density at radius 1 is 1.14 bits per heavy atom. The van der Waals surface area contributed by atoms with Gasteiger partial charge in [0.05, 0.1) is 18.0 Å². The Labute approximate surface area is 119 Å². The van der Waals surface area contributed by atoms with E-state index in [1.807, 2.05) is 0 Å². The molecule has 1 unspecified atom stereocenters. The number of hydrogen-bond acceptors (Lipinski definition) is 4. The average Bonchev–Trinajstić information content (AvgIpc) is 2.45. The molecule has 1 aromatic heterocycles. The van der Waals surface area contributed by atoms with E-state index >= 15 is 0 Å². The highest BCUT2D eigenvalue weighted by molar-refractivity contribution is 5.55. The van der Waals surface area contributed by atoms with Crippen molar-refractivity contribution in [1.82, 2.24) is 9.97 Å². The Balaban J connectivity index is 2.11. The normalized spacial score (nSPS) is 13.0. The molecule has 1 aromatic carbocycles. The Morgan fingerprint density at radius 3 is 2.19 bits per heavy atom. The molecular weight excluding hydrogens is 283 g/mol. The maximum Gasteiger partial charge on any atom is 0.416 e. The first-order chi connectivity index (χ1) is 9.86. The number of rotatable bonds is 4. The summed E-state index contributed by atoms with van der Waals surface area (Å²) in [6.45, 7) is 2.14. The van der Waals surface area contributed by atoms with Gasteiger partial charge in [0.1, 0.15) is 6.61 Å². The zero-order chi connectivity index (χ0) is 15.5. The van der Waals surface area contributed by atoms with Crippen molar-refractivity contribution in [3.63, 3.8) is 0 Å². The van der Waals surface area contributed by atoms with Crippen LogP contribution in [-0.2, 0) is 6.18 Å². The van der Waals surface area contributed by atoms with Crippen molar-refractivity contribution in [1.29, 1.82) is 0 Å². The molecule has 112 valence electrons. The smallest absolute Gasteiger partial charge is 0.416 e. The molecule has 2 rings (SSSR count). The summed E-state index contributed by atoms with van der Waals surface area (Å²) in [4.78, 5) is 8.12. The van der Waals surface area contributed by atoms with Crippen LogP contribution < -0.4 is 10.5 Å². The van der Waals surface area contributed by atoms with Gasteiger partial charge in [-0.25, -0.2) is 9.97 Å². The zero-order valence-electron chi connectivity index (χ0n) is 11.3. The van der Waals surface area contributed by atoms with Crippen molar-refractivity contribution in [2.75, 3.05) is 6.61 Å². The molecule has 2 N–H and O–H groups in total. The summed E-state index contributed by atoms with van der Waals surface area (Å²) in [5, 5.41) is 0. The van der Waals surface area contributed by atoms with Gasteiger partial charge in [-0.2, -0.15) is 13.2 Å². The molecule has 0 radical (unpaired) electrons. The molecule has 2 aromatic rings. The van der Waals surface area contributed by atoms with Crippen LogP contribution in [-0.4, -0.2) is 22.6 Å². The number of aromatic nitrogens is 2. The number of nitrogens with zero attached hydrogens (tertiary/aromatic N) is 2. The molecule has 0 spiro atoms. The van der Waals surface area contributed by atoms with Gasteiger partial charge in [-0.05, 0) is 19.1 Å². The van der Waals surface area contributed by atoms with Gasteiger partial charge >= 0.3 is 6.18 Å². The highest BCUT2D eigenvalue weighted by atomic mass is 19.4. The van der Waals surface area contributed by atoms with Gasteiger partial charge in [-0.3, -0.25) is 0 Å². The van der Waals surface area contributed by atoms with Crippen LogP contribution in [0, 0.1) is 0 Å². The van der Waals surface area contributed by atoms with Gasteiger partial charge in [-0.1, -0.05) is 12.1 Å². The van der Waals surface area contributed by atoms with Crippen molar-refractivity contribution in [2.45, 2.75) is 19.1 Å². The van der Waals surface area contributed by atoms with Crippen LogP contribution in [0.15, 0.2) is 36.7 Å². The largest absolute Gasteiger partial charge is 0.489 e. The molecule has 0 fully saturated rings. The SMILES string of the molecule is CC(N)COc1cnc(-c2ccc(C(F)(F)F)cc2)nc1. The molecule has 0 aliphatic rings. The molecular formula is C14H14F3N3O. The topological polar surface area (TPSA) is 61.0 Å². The minimum atomic E-state index is -4.35. The fourth-order valence-electron chi connectivity index (χ4n) is 1.58. The monoisotopic (exact) mass is 297 g/mol. The van der Waals surface area contributed by atoms with Crippen LogP contribution in [0.2, 0.25) is 0 Å². The third-order valence-corrected chi connectivity index (χ3v) is 2.61. The molecule has 1 heterocycles. The highest BCUT2D eigenvalue weighted by Gasteiger charge is 2.30. The summed E-state index contributed by atoms with van der Waals surface area (Å²) in [6, 6.07) is 4.55. The minimum absolute atomic E-state index is 0.111. The molecule has 0 amide bonds. The third kappa shape index (κ3) is 4.16. The Bertz CT molecular complexity index is 580. The van der Waals surface area contributed by atoms with Gasteiger partial charge in [0.15, 0.2) is 11.6 Å². The second-order valence-electron chi connectivity index (χ2n) is 4.61. The maximum absolute atomic E-state index is 12.5. The maximum atomic E-state index is 12.5. The standard InChI is InChI=1S/C14H14F3N3O/c1-9(18)8-21-12-6-19-13(20-7-12)10-2-4-11(5-3-10)14(15,16)17/h2-7,9H,8,18H2,1H3. The number of ether oxygens (including phenoxy) is 1. The first kappa shape index (κ1) is 15.2. The van der Waals surface area contributed by atoms with E-state index in [1.165, 1.54) is 24.5 Å². The minimum Gasteiger partial charge on any atom is -0.489 e. The van der Waals surface area contributed by atoms with E-state index in [-0.39, 0.29) is 6.04 Å². The first-order valence-electron chi connectivity index (χ1n) is 6.24. The lowest BCUT2D eigenvalue weighted by molar-refractivity contribution is -0.137. The van der Waals surface area contributed by atoms with E-state index in [1.54, 1.807) is 6.92 Å². The van der Waals surface area contributed by atoms with E-state index in [0.717, 1.165) is 12.1 Å². The molecule has 1 atom stereocenters. The summed E-state index contributed by atoms with van der Waals surface area (Å²) < 4.78 is 42.7. The van der Waals surface area contributed by atoms with Gasteiger partial charge in [0.2, 0.25) is 0 Å². The summed E-state index contributed by atoms with van der Waals surface area (Å²) in [5.41, 5.74) is 5.35. The molecule has 4 nitrogen and oxygen atoms in total. The average molecular weight is 297 g/mol. The van der Waals surface area contributed by atoms with Crippen molar-refractivity contribution in [2.24, 2.45) is 5.73 Å². The van der Waals surface area contributed by atoms with Crippen molar-refractivity contribution in [3.05, 3.63) is 42.2 Å². The lowest BCUT2D eigenvalue weighted by atomic mass is 10.1. The van der Waals surface area contributed by atoms with E-state index in [0.29, 0.717) is 23.7 Å². The molecule has 0 saturated carbocycles. The highest BCUT2D eigenvalue weighted by Crippen LogP contribution is 2.30. The quantitative estimate of drug-likeness (QED) is 0.942. The van der Waals surface area contributed by atoms with E-state index in [9.17, 15) is 13.2 Å². The second-order valence-corrected chi connectivity index (χ2v) is 4.61.